The zero-order valence-corrected chi connectivity index (χ0v) is 14.6. The van der Waals surface area contributed by atoms with Gasteiger partial charge in [-0.15, -0.1) is 0 Å². The van der Waals surface area contributed by atoms with Gasteiger partial charge < -0.3 is 5.11 Å². The van der Waals surface area contributed by atoms with Crippen LogP contribution in [0.25, 0.3) is 0 Å². The molecule has 2 N–H and O–H groups in total. The molecule has 6 heteroatoms. The van der Waals surface area contributed by atoms with E-state index in [0.717, 1.165) is 22.3 Å². The van der Waals surface area contributed by atoms with Crippen LogP contribution in [0.5, 0.6) is 0 Å². The number of rotatable bonds is 6. The largest absolute Gasteiger partial charge is 0.388 e. The Morgan fingerprint density at radius 1 is 1.18 bits per heavy atom. The van der Waals surface area contributed by atoms with E-state index >= 15 is 0 Å². The fourth-order valence-electron chi connectivity index (χ4n) is 2.26. The molecule has 0 bridgehead atoms. The third-order valence-corrected chi connectivity index (χ3v) is 6.02. The summed E-state index contributed by atoms with van der Waals surface area (Å²) in [5.74, 6) is 0. The second-order valence-corrected chi connectivity index (χ2v) is 7.98. The fraction of sp³-hybridized carbons (Fsp3) is 0.375. The van der Waals surface area contributed by atoms with Crippen molar-refractivity contribution in [2.24, 2.45) is 0 Å². The SMILES string of the molecule is Cc1cc(C)c(S(=O)(=O)NCCC(O)c2ccsc2)cc1C. The van der Waals surface area contributed by atoms with Crippen LogP contribution >= 0.6 is 11.3 Å². The lowest BCUT2D eigenvalue weighted by molar-refractivity contribution is 0.169. The maximum atomic E-state index is 12.4. The highest BCUT2D eigenvalue weighted by Gasteiger charge is 2.18. The van der Waals surface area contributed by atoms with E-state index in [1.165, 1.54) is 11.3 Å². The van der Waals surface area contributed by atoms with Crippen LogP contribution in [-0.4, -0.2) is 20.1 Å². The Labute approximate surface area is 135 Å². The molecule has 2 rings (SSSR count). The third-order valence-electron chi connectivity index (χ3n) is 3.72. The van der Waals surface area contributed by atoms with Crippen LogP contribution < -0.4 is 4.72 Å². The minimum atomic E-state index is -3.55. The lowest BCUT2D eigenvalue weighted by Gasteiger charge is -2.13. The molecular weight excluding hydrogens is 318 g/mol. The van der Waals surface area contributed by atoms with E-state index in [2.05, 4.69) is 4.72 Å². The lowest BCUT2D eigenvalue weighted by Crippen LogP contribution is -2.26. The molecule has 0 saturated carbocycles. The molecule has 0 aliphatic carbocycles. The molecule has 0 saturated heterocycles. The molecule has 0 radical (unpaired) electrons. The monoisotopic (exact) mass is 339 g/mol. The van der Waals surface area contributed by atoms with Gasteiger partial charge in [0, 0.05) is 6.54 Å². The zero-order valence-electron chi connectivity index (χ0n) is 13.0. The van der Waals surface area contributed by atoms with Crippen LogP contribution in [0.3, 0.4) is 0 Å². The molecule has 0 spiro atoms. The first-order valence-corrected chi connectivity index (χ1v) is 9.51. The van der Waals surface area contributed by atoms with Crippen molar-refractivity contribution in [1.29, 1.82) is 0 Å². The van der Waals surface area contributed by atoms with Gasteiger partial charge in [0.05, 0.1) is 11.0 Å². The molecular formula is C16H21NO3S2. The predicted octanol–water partition coefficient (Wildman–Crippen LogP) is 3.08. The predicted molar refractivity (Wildman–Crippen MR) is 89.7 cm³/mol. The maximum Gasteiger partial charge on any atom is 0.240 e. The summed E-state index contributed by atoms with van der Waals surface area (Å²) in [7, 11) is -3.55. The highest BCUT2D eigenvalue weighted by Crippen LogP contribution is 2.21. The Kier molecular flexibility index (Phi) is 5.39. The van der Waals surface area contributed by atoms with E-state index in [9.17, 15) is 13.5 Å². The minimum Gasteiger partial charge on any atom is -0.388 e. The van der Waals surface area contributed by atoms with E-state index in [0.29, 0.717) is 11.3 Å². The highest BCUT2D eigenvalue weighted by molar-refractivity contribution is 7.89. The van der Waals surface area contributed by atoms with Crippen LogP contribution in [0, 0.1) is 20.8 Å². The summed E-state index contributed by atoms with van der Waals surface area (Å²) in [5, 5.41) is 13.7. The number of thiophene rings is 1. The van der Waals surface area contributed by atoms with E-state index < -0.39 is 16.1 Å². The molecule has 4 nitrogen and oxygen atoms in total. The first-order chi connectivity index (χ1) is 10.3. The molecule has 0 amide bonds. The number of hydrogen-bond donors (Lipinski definition) is 2. The van der Waals surface area contributed by atoms with Crippen LogP contribution in [0.15, 0.2) is 33.9 Å². The first-order valence-electron chi connectivity index (χ1n) is 7.09. The molecule has 1 heterocycles. The van der Waals surface area contributed by atoms with Gasteiger partial charge in [0.25, 0.3) is 0 Å². The molecule has 22 heavy (non-hydrogen) atoms. The average molecular weight is 339 g/mol. The Hall–Kier alpha value is -1.21. The molecule has 0 fully saturated rings. The van der Waals surface area contributed by atoms with Gasteiger partial charge in [-0.25, -0.2) is 13.1 Å². The van der Waals surface area contributed by atoms with Crippen LogP contribution in [0.2, 0.25) is 0 Å². The summed E-state index contributed by atoms with van der Waals surface area (Å²) in [6, 6.07) is 5.42. The quantitative estimate of drug-likeness (QED) is 0.850. The summed E-state index contributed by atoms with van der Waals surface area (Å²) >= 11 is 1.51. The summed E-state index contributed by atoms with van der Waals surface area (Å²) in [4.78, 5) is 0.306. The smallest absolute Gasteiger partial charge is 0.240 e. The third kappa shape index (κ3) is 3.95. The van der Waals surface area contributed by atoms with Crippen LogP contribution in [0.4, 0.5) is 0 Å². The van der Waals surface area contributed by atoms with E-state index in [1.807, 2.05) is 36.7 Å². The molecule has 1 unspecified atom stereocenters. The van der Waals surface area contributed by atoms with Crippen molar-refractivity contribution in [2.75, 3.05) is 6.54 Å². The Morgan fingerprint density at radius 3 is 2.50 bits per heavy atom. The number of aliphatic hydroxyl groups is 1. The van der Waals surface area contributed by atoms with Gasteiger partial charge in [-0.05, 0) is 72.3 Å². The number of benzene rings is 1. The molecule has 1 aromatic carbocycles. The van der Waals surface area contributed by atoms with Crippen molar-refractivity contribution >= 4 is 21.4 Å². The molecule has 1 aromatic heterocycles. The standard InChI is InChI=1S/C16H21NO3S2/c1-11-8-13(3)16(9-12(11)2)22(19,20)17-6-4-15(18)14-5-7-21-10-14/h5,7-10,15,17-18H,4,6H2,1-3H3. The number of hydrogen-bond acceptors (Lipinski definition) is 4. The fourth-order valence-corrected chi connectivity index (χ4v) is 4.33. The Bertz CT molecular complexity index is 737. The van der Waals surface area contributed by atoms with E-state index in [4.69, 9.17) is 0 Å². The lowest BCUT2D eigenvalue weighted by atomic mass is 10.1. The van der Waals surface area contributed by atoms with Crippen LogP contribution in [0.1, 0.15) is 34.8 Å². The molecule has 0 aliphatic rings. The topological polar surface area (TPSA) is 66.4 Å². The van der Waals surface area contributed by atoms with Gasteiger partial charge >= 0.3 is 0 Å². The zero-order chi connectivity index (χ0) is 16.3. The van der Waals surface area contributed by atoms with Gasteiger partial charge in [-0.3, -0.25) is 0 Å². The number of nitrogens with one attached hydrogen (secondary N) is 1. The highest BCUT2D eigenvalue weighted by atomic mass is 32.2. The molecule has 2 aromatic rings. The van der Waals surface area contributed by atoms with Gasteiger partial charge in [-0.1, -0.05) is 6.07 Å². The van der Waals surface area contributed by atoms with Crippen molar-refractivity contribution in [3.8, 4) is 0 Å². The number of sulfonamides is 1. The van der Waals surface area contributed by atoms with Crippen molar-refractivity contribution in [3.63, 3.8) is 0 Å². The number of aryl methyl sites for hydroxylation is 3. The summed E-state index contributed by atoms with van der Waals surface area (Å²) in [6.07, 6.45) is -0.297. The maximum absolute atomic E-state index is 12.4. The molecule has 0 aliphatic heterocycles. The van der Waals surface area contributed by atoms with Crippen molar-refractivity contribution in [3.05, 3.63) is 51.2 Å². The van der Waals surface area contributed by atoms with E-state index in [1.54, 1.807) is 13.0 Å². The molecule has 120 valence electrons. The first kappa shape index (κ1) is 17.1. The Morgan fingerprint density at radius 2 is 1.86 bits per heavy atom. The van der Waals surface area contributed by atoms with Gasteiger partial charge in [0.15, 0.2) is 0 Å². The van der Waals surface area contributed by atoms with Crippen molar-refractivity contribution in [1.82, 2.24) is 4.72 Å². The Balaban J connectivity index is 2.04. The summed E-state index contributed by atoms with van der Waals surface area (Å²) in [6.45, 7) is 5.85. The van der Waals surface area contributed by atoms with Crippen molar-refractivity contribution < 1.29 is 13.5 Å². The average Bonchev–Trinajstić information content (AvgIpc) is 2.96. The second-order valence-electron chi connectivity index (χ2n) is 5.46. The van der Waals surface area contributed by atoms with Crippen LogP contribution in [-0.2, 0) is 10.0 Å². The van der Waals surface area contributed by atoms with E-state index in [-0.39, 0.29) is 6.54 Å². The van der Waals surface area contributed by atoms with Gasteiger partial charge in [-0.2, -0.15) is 11.3 Å². The second kappa shape index (κ2) is 6.91. The summed E-state index contributed by atoms with van der Waals surface area (Å²) in [5.41, 5.74) is 3.58. The normalized spacial score (nSPS) is 13.3. The van der Waals surface area contributed by atoms with Crippen molar-refractivity contribution in [2.45, 2.75) is 38.2 Å². The van der Waals surface area contributed by atoms with Gasteiger partial charge in [0.1, 0.15) is 0 Å². The summed E-state index contributed by atoms with van der Waals surface area (Å²) < 4.78 is 27.4. The number of aliphatic hydroxyl groups excluding tert-OH is 1. The molecule has 1 atom stereocenters. The minimum absolute atomic E-state index is 0.200. The van der Waals surface area contributed by atoms with Gasteiger partial charge in [0.2, 0.25) is 10.0 Å².